The first-order valence-electron chi connectivity index (χ1n) is 7.65. The van der Waals surface area contributed by atoms with Gasteiger partial charge in [0.2, 0.25) is 0 Å². The van der Waals surface area contributed by atoms with E-state index in [2.05, 4.69) is 12.2 Å². The Hall–Kier alpha value is -1.09. The van der Waals surface area contributed by atoms with Gasteiger partial charge in [-0.2, -0.15) is 0 Å². The van der Waals surface area contributed by atoms with E-state index in [1.807, 2.05) is 20.0 Å². The maximum Gasteiger partial charge on any atom is 0.126 e. The molecule has 1 aliphatic carbocycles. The highest BCUT2D eigenvalue weighted by Crippen LogP contribution is 2.32. The summed E-state index contributed by atoms with van der Waals surface area (Å²) in [7, 11) is 1.88. The molecule has 112 valence electrons. The third-order valence-electron chi connectivity index (χ3n) is 4.45. The van der Waals surface area contributed by atoms with Crippen LogP contribution in [0.4, 0.5) is 4.39 Å². The van der Waals surface area contributed by atoms with Crippen molar-refractivity contribution in [2.45, 2.75) is 58.6 Å². The maximum absolute atomic E-state index is 13.8. The van der Waals surface area contributed by atoms with Crippen LogP contribution in [0.1, 0.15) is 56.7 Å². The van der Waals surface area contributed by atoms with Crippen molar-refractivity contribution in [3.8, 4) is 5.75 Å². The number of ether oxygens (including phenoxy) is 1. The summed E-state index contributed by atoms with van der Waals surface area (Å²) in [6.45, 7) is 6.12. The fourth-order valence-corrected chi connectivity index (χ4v) is 2.79. The zero-order chi connectivity index (χ0) is 14.7. The van der Waals surface area contributed by atoms with Crippen molar-refractivity contribution >= 4 is 0 Å². The second-order valence-electron chi connectivity index (χ2n) is 6.15. The molecule has 0 saturated heterocycles. The van der Waals surface area contributed by atoms with Gasteiger partial charge in [0.25, 0.3) is 0 Å². The minimum Gasteiger partial charge on any atom is -0.490 e. The maximum atomic E-state index is 13.8. The molecule has 1 aromatic rings. The molecule has 20 heavy (non-hydrogen) atoms. The van der Waals surface area contributed by atoms with Gasteiger partial charge in [0.1, 0.15) is 11.6 Å². The molecule has 3 heteroatoms. The number of hydrogen-bond donors (Lipinski definition) is 1. The third-order valence-corrected chi connectivity index (χ3v) is 4.45. The summed E-state index contributed by atoms with van der Waals surface area (Å²) in [5.41, 5.74) is 1.56. The first-order valence-corrected chi connectivity index (χ1v) is 7.65. The van der Waals surface area contributed by atoms with Crippen LogP contribution in [0.5, 0.6) is 5.75 Å². The van der Waals surface area contributed by atoms with E-state index in [-0.39, 0.29) is 18.0 Å². The fourth-order valence-electron chi connectivity index (χ4n) is 2.79. The molecule has 1 fully saturated rings. The topological polar surface area (TPSA) is 21.3 Å². The summed E-state index contributed by atoms with van der Waals surface area (Å²) in [5.74, 6) is 1.48. The van der Waals surface area contributed by atoms with E-state index < -0.39 is 0 Å². The van der Waals surface area contributed by atoms with Gasteiger partial charge in [0.15, 0.2) is 0 Å². The number of nitrogens with one attached hydrogen (secondary N) is 1. The Morgan fingerprint density at radius 1 is 1.25 bits per heavy atom. The summed E-state index contributed by atoms with van der Waals surface area (Å²) in [6.07, 6.45) is 4.93. The van der Waals surface area contributed by atoms with Crippen molar-refractivity contribution in [2.75, 3.05) is 7.05 Å². The Morgan fingerprint density at radius 2 is 1.90 bits per heavy atom. The van der Waals surface area contributed by atoms with Crippen LogP contribution in [0.3, 0.4) is 0 Å². The van der Waals surface area contributed by atoms with Crippen LogP contribution in [-0.4, -0.2) is 13.2 Å². The number of benzene rings is 1. The Balaban J connectivity index is 2.19. The molecule has 0 aliphatic heterocycles. The van der Waals surface area contributed by atoms with Crippen LogP contribution in [-0.2, 0) is 0 Å². The van der Waals surface area contributed by atoms with Crippen molar-refractivity contribution < 1.29 is 9.13 Å². The first kappa shape index (κ1) is 15.3. The van der Waals surface area contributed by atoms with Gasteiger partial charge in [-0.25, -0.2) is 4.39 Å². The van der Waals surface area contributed by atoms with Gasteiger partial charge in [-0.05, 0) is 70.2 Å². The van der Waals surface area contributed by atoms with Crippen LogP contribution < -0.4 is 10.1 Å². The lowest BCUT2D eigenvalue weighted by Gasteiger charge is -2.28. The zero-order valence-corrected chi connectivity index (χ0v) is 13.0. The summed E-state index contributed by atoms with van der Waals surface area (Å²) in [6, 6.07) is 3.54. The first-order chi connectivity index (χ1) is 9.51. The van der Waals surface area contributed by atoms with Crippen molar-refractivity contribution in [3.05, 3.63) is 29.1 Å². The lowest BCUT2D eigenvalue weighted by Crippen LogP contribution is -2.24. The predicted octanol–water partition coefficient (Wildman–Crippen LogP) is 4.37. The van der Waals surface area contributed by atoms with E-state index in [1.54, 1.807) is 13.0 Å². The second-order valence-corrected chi connectivity index (χ2v) is 6.15. The normalized spacial score (nSPS) is 24.4. The smallest absolute Gasteiger partial charge is 0.126 e. The fraction of sp³-hybridized carbons (Fsp3) is 0.647. The summed E-state index contributed by atoms with van der Waals surface area (Å²) in [5, 5.41) is 3.17. The average Bonchev–Trinajstić information content (AvgIpc) is 2.44. The molecule has 2 nitrogen and oxygen atoms in total. The van der Waals surface area contributed by atoms with Gasteiger partial charge in [0.05, 0.1) is 6.10 Å². The standard InChI is InChI=1S/C17H26FNO/c1-11-5-7-14(8-6-11)20-17-9-12(2)16(18)10-15(17)13(3)19-4/h9-11,13-14,19H,5-8H2,1-4H3. The van der Waals surface area contributed by atoms with Gasteiger partial charge in [-0.15, -0.1) is 0 Å². The number of rotatable bonds is 4. The summed E-state index contributed by atoms with van der Waals surface area (Å²) < 4.78 is 20.0. The Morgan fingerprint density at radius 3 is 2.50 bits per heavy atom. The molecule has 0 radical (unpaired) electrons. The van der Waals surface area contributed by atoms with Crippen molar-refractivity contribution in [2.24, 2.45) is 5.92 Å². The minimum absolute atomic E-state index is 0.0858. The monoisotopic (exact) mass is 279 g/mol. The third kappa shape index (κ3) is 3.51. The lowest BCUT2D eigenvalue weighted by molar-refractivity contribution is 0.133. The van der Waals surface area contributed by atoms with Crippen LogP contribution in [0.25, 0.3) is 0 Å². The molecule has 2 rings (SSSR count). The molecular weight excluding hydrogens is 253 g/mol. The number of hydrogen-bond acceptors (Lipinski definition) is 2. The molecule has 1 aromatic carbocycles. The molecule has 1 aliphatic rings. The van der Waals surface area contributed by atoms with E-state index in [4.69, 9.17) is 4.74 Å². The zero-order valence-electron chi connectivity index (χ0n) is 13.0. The van der Waals surface area contributed by atoms with Crippen molar-refractivity contribution in [1.82, 2.24) is 5.32 Å². The van der Waals surface area contributed by atoms with Gasteiger partial charge < -0.3 is 10.1 Å². The Kier molecular flexibility index (Phi) is 5.03. The largest absolute Gasteiger partial charge is 0.490 e. The minimum atomic E-state index is -0.160. The summed E-state index contributed by atoms with van der Waals surface area (Å²) in [4.78, 5) is 0. The molecule has 0 heterocycles. The number of aryl methyl sites for hydroxylation is 1. The molecule has 1 unspecified atom stereocenters. The molecular formula is C17H26FNO. The molecule has 0 spiro atoms. The van der Waals surface area contributed by atoms with E-state index >= 15 is 0 Å². The van der Waals surface area contributed by atoms with Crippen molar-refractivity contribution in [3.63, 3.8) is 0 Å². The SMILES string of the molecule is CNC(C)c1cc(F)c(C)cc1OC1CCC(C)CC1. The van der Waals surface area contributed by atoms with Gasteiger partial charge in [-0.1, -0.05) is 6.92 Å². The molecule has 1 atom stereocenters. The molecule has 0 amide bonds. The molecule has 0 aromatic heterocycles. The Bertz CT molecular complexity index is 453. The van der Waals surface area contributed by atoms with E-state index in [0.717, 1.165) is 30.1 Å². The second kappa shape index (κ2) is 6.57. The average molecular weight is 279 g/mol. The van der Waals surface area contributed by atoms with Crippen LogP contribution >= 0.6 is 0 Å². The van der Waals surface area contributed by atoms with E-state index in [9.17, 15) is 4.39 Å². The highest BCUT2D eigenvalue weighted by atomic mass is 19.1. The molecule has 0 bridgehead atoms. The highest BCUT2D eigenvalue weighted by molar-refractivity contribution is 5.40. The molecule has 1 N–H and O–H groups in total. The van der Waals surface area contributed by atoms with Crippen LogP contribution in [0, 0.1) is 18.7 Å². The predicted molar refractivity (Wildman–Crippen MR) is 80.7 cm³/mol. The van der Waals surface area contributed by atoms with E-state index in [1.165, 1.54) is 12.8 Å². The number of halogens is 1. The van der Waals surface area contributed by atoms with Gasteiger partial charge in [-0.3, -0.25) is 0 Å². The van der Waals surface area contributed by atoms with Crippen LogP contribution in [0.15, 0.2) is 12.1 Å². The molecule has 1 saturated carbocycles. The van der Waals surface area contributed by atoms with Crippen molar-refractivity contribution in [1.29, 1.82) is 0 Å². The van der Waals surface area contributed by atoms with Gasteiger partial charge in [0, 0.05) is 11.6 Å². The van der Waals surface area contributed by atoms with Gasteiger partial charge >= 0.3 is 0 Å². The highest BCUT2D eigenvalue weighted by Gasteiger charge is 2.22. The van der Waals surface area contributed by atoms with Crippen LogP contribution in [0.2, 0.25) is 0 Å². The quantitative estimate of drug-likeness (QED) is 0.883. The Labute approximate surface area is 121 Å². The summed E-state index contributed by atoms with van der Waals surface area (Å²) >= 11 is 0. The van der Waals surface area contributed by atoms with E-state index in [0.29, 0.717) is 5.56 Å². The lowest BCUT2D eigenvalue weighted by atomic mass is 9.89.